The average molecular weight is 242 g/mol. The van der Waals surface area contributed by atoms with Gasteiger partial charge in [-0.1, -0.05) is 26.8 Å². The SMILES string of the molecule is CC(C)(C)c1ccc2[nH]c(=O)c(C#N)c(O)c2c1. The van der Waals surface area contributed by atoms with Crippen LogP contribution in [-0.2, 0) is 5.41 Å². The Hall–Kier alpha value is -2.28. The van der Waals surface area contributed by atoms with E-state index in [1.165, 1.54) is 0 Å². The first-order valence-corrected chi connectivity index (χ1v) is 5.64. The maximum Gasteiger partial charge on any atom is 0.270 e. The van der Waals surface area contributed by atoms with Crippen LogP contribution in [0.3, 0.4) is 0 Å². The molecule has 1 aromatic heterocycles. The number of aromatic nitrogens is 1. The fourth-order valence-electron chi connectivity index (χ4n) is 1.85. The quantitative estimate of drug-likeness (QED) is 0.744. The van der Waals surface area contributed by atoms with Gasteiger partial charge in [0.05, 0.1) is 5.52 Å². The Labute approximate surface area is 105 Å². The molecule has 0 bridgehead atoms. The van der Waals surface area contributed by atoms with E-state index in [1.807, 2.05) is 6.07 Å². The minimum atomic E-state index is -0.564. The molecule has 1 aromatic carbocycles. The van der Waals surface area contributed by atoms with Gasteiger partial charge >= 0.3 is 0 Å². The second-order valence-electron chi connectivity index (χ2n) is 5.30. The van der Waals surface area contributed by atoms with Crippen molar-refractivity contribution in [2.45, 2.75) is 26.2 Å². The van der Waals surface area contributed by atoms with E-state index in [0.29, 0.717) is 10.9 Å². The van der Waals surface area contributed by atoms with Gasteiger partial charge in [0.1, 0.15) is 11.8 Å². The summed E-state index contributed by atoms with van der Waals surface area (Å²) in [4.78, 5) is 14.1. The molecule has 0 fully saturated rings. The van der Waals surface area contributed by atoms with Gasteiger partial charge in [-0.05, 0) is 23.1 Å². The van der Waals surface area contributed by atoms with Crippen LogP contribution < -0.4 is 5.56 Å². The Bertz CT molecular complexity index is 715. The molecule has 0 amide bonds. The minimum Gasteiger partial charge on any atom is -0.506 e. The van der Waals surface area contributed by atoms with Crippen LogP contribution in [0.4, 0.5) is 0 Å². The van der Waals surface area contributed by atoms with Crippen molar-refractivity contribution in [1.82, 2.24) is 4.98 Å². The lowest BCUT2D eigenvalue weighted by Gasteiger charge is -2.19. The zero-order valence-electron chi connectivity index (χ0n) is 10.5. The maximum atomic E-state index is 11.5. The van der Waals surface area contributed by atoms with Crippen molar-refractivity contribution in [2.75, 3.05) is 0 Å². The number of H-pyrrole nitrogens is 1. The van der Waals surface area contributed by atoms with Crippen molar-refractivity contribution in [3.63, 3.8) is 0 Å². The third-order valence-corrected chi connectivity index (χ3v) is 2.96. The Morgan fingerprint density at radius 1 is 1.33 bits per heavy atom. The van der Waals surface area contributed by atoms with Gasteiger partial charge in [0.15, 0.2) is 5.56 Å². The molecular weight excluding hydrogens is 228 g/mol. The third-order valence-electron chi connectivity index (χ3n) is 2.96. The van der Waals surface area contributed by atoms with Gasteiger partial charge in [0.25, 0.3) is 5.56 Å². The van der Waals surface area contributed by atoms with E-state index in [0.717, 1.165) is 5.56 Å². The molecule has 92 valence electrons. The van der Waals surface area contributed by atoms with E-state index in [9.17, 15) is 9.90 Å². The van der Waals surface area contributed by atoms with Crippen LogP contribution in [0.5, 0.6) is 5.75 Å². The molecule has 0 radical (unpaired) electrons. The Morgan fingerprint density at radius 2 is 2.00 bits per heavy atom. The fourth-order valence-corrected chi connectivity index (χ4v) is 1.85. The van der Waals surface area contributed by atoms with Crippen molar-refractivity contribution >= 4 is 10.9 Å². The molecule has 4 nitrogen and oxygen atoms in total. The van der Waals surface area contributed by atoms with Gasteiger partial charge < -0.3 is 10.1 Å². The molecule has 2 N–H and O–H groups in total. The summed E-state index contributed by atoms with van der Waals surface area (Å²) in [6.07, 6.45) is 0. The Morgan fingerprint density at radius 3 is 2.56 bits per heavy atom. The average Bonchev–Trinajstić information content (AvgIpc) is 2.27. The molecule has 0 saturated heterocycles. The first-order chi connectivity index (χ1) is 8.34. The second kappa shape index (κ2) is 3.88. The molecule has 2 rings (SSSR count). The number of aromatic hydroxyl groups is 1. The number of nitriles is 1. The van der Waals surface area contributed by atoms with Gasteiger partial charge in [0.2, 0.25) is 0 Å². The van der Waals surface area contributed by atoms with Crippen LogP contribution >= 0.6 is 0 Å². The van der Waals surface area contributed by atoms with E-state index in [4.69, 9.17) is 5.26 Å². The second-order valence-corrected chi connectivity index (χ2v) is 5.30. The Kier molecular flexibility index (Phi) is 2.63. The number of hydrogen-bond donors (Lipinski definition) is 2. The highest BCUT2D eigenvalue weighted by molar-refractivity contribution is 5.87. The van der Waals surface area contributed by atoms with E-state index in [-0.39, 0.29) is 16.7 Å². The van der Waals surface area contributed by atoms with E-state index in [1.54, 1.807) is 18.2 Å². The molecule has 0 saturated carbocycles. The van der Waals surface area contributed by atoms with Gasteiger partial charge in [-0.2, -0.15) is 5.26 Å². The maximum absolute atomic E-state index is 11.5. The van der Waals surface area contributed by atoms with Gasteiger partial charge in [-0.25, -0.2) is 0 Å². The van der Waals surface area contributed by atoms with Crippen LogP contribution in [0.2, 0.25) is 0 Å². The largest absolute Gasteiger partial charge is 0.506 e. The van der Waals surface area contributed by atoms with Crippen LogP contribution in [0, 0.1) is 11.3 Å². The van der Waals surface area contributed by atoms with Crippen molar-refractivity contribution in [2.24, 2.45) is 0 Å². The predicted octanol–water partition coefficient (Wildman–Crippen LogP) is 2.40. The molecule has 0 atom stereocenters. The smallest absolute Gasteiger partial charge is 0.270 e. The summed E-state index contributed by atoms with van der Waals surface area (Å²) in [6, 6.07) is 7.18. The summed E-state index contributed by atoms with van der Waals surface area (Å²) in [6.45, 7) is 6.17. The molecule has 0 aliphatic carbocycles. The summed E-state index contributed by atoms with van der Waals surface area (Å²) >= 11 is 0. The molecule has 1 heterocycles. The number of fused-ring (bicyclic) bond motifs is 1. The van der Waals surface area contributed by atoms with E-state index in [2.05, 4.69) is 25.8 Å². The molecule has 0 spiro atoms. The van der Waals surface area contributed by atoms with Gasteiger partial charge in [-0.3, -0.25) is 4.79 Å². The molecule has 0 unspecified atom stereocenters. The summed E-state index contributed by atoms with van der Waals surface area (Å²) < 4.78 is 0. The normalized spacial score (nSPS) is 11.4. The lowest BCUT2D eigenvalue weighted by Crippen LogP contribution is -2.13. The number of benzene rings is 1. The number of nitrogens with one attached hydrogen (secondary N) is 1. The zero-order chi connectivity index (χ0) is 13.5. The first kappa shape index (κ1) is 12.2. The number of hydrogen-bond acceptors (Lipinski definition) is 3. The highest BCUT2D eigenvalue weighted by Crippen LogP contribution is 2.30. The lowest BCUT2D eigenvalue weighted by atomic mass is 9.86. The lowest BCUT2D eigenvalue weighted by molar-refractivity contribution is 0.478. The van der Waals surface area contributed by atoms with Crippen molar-refractivity contribution in [3.8, 4) is 11.8 Å². The third kappa shape index (κ3) is 1.84. The molecule has 4 heteroatoms. The highest BCUT2D eigenvalue weighted by Gasteiger charge is 2.17. The molecule has 0 aliphatic rings. The minimum absolute atomic E-state index is 0.0659. The topological polar surface area (TPSA) is 76.9 Å². The van der Waals surface area contributed by atoms with Crippen LogP contribution in [0.15, 0.2) is 23.0 Å². The summed E-state index contributed by atoms with van der Waals surface area (Å²) in [7, 11) is 0. The van der Waals surface area contributed by atoms with E-state index < -0.39 is 5.56 Å². The van der Waals surface area contributed by atoms with Crippen LogP contribution in [0.25, 0.3) is 10.9 Å². The Balaban J connectivity index is 2.86. The van der Waals surface area contributed by atoms with Crippen LogP contribution in [0.1, 0.15) is 31.9 Å². The first-order valence-electron chi connectivity index (χ1n) is 5.64. The van der Waals surface area contributed by atoms with Crippen molar-refractivity contribution < 1.29 is 5.11 Å². The van der Waals surface area contributed by atoms with Crippen molar-refractivity contribution in [1.29, 1.82) is 5.26 Å². The van der Waals surface area contributed by atoms with E-state index >= 15 is 0 Å². The fraction of sp³-hybridized carbons (Fsp3) is 0.286. The summed E-state index contributed by atoms with van der Waals surface area (Å²) in [5.41, 5.74) is 0.689. The predicted molar refractivity (Wildman–Crippen MR) is 69.6 cm³/mol. The summed E-state index contributed by atoms with van der Waals surface area (Å²) in [5.74, 6) is -0.248. The molecule has 2 aromatic rings. The number of rotatable bonds is 0. The van der Waals surface area contributed by atoms with Crippen molar-refractivity contribution in [3.05, 3.63) is 39.7 Å². The zero-order valence-corrected chi connectivity index (χ0v) is 10.5. The summed E-state index contributed by atoms with van der Waals surface area (Å²) in [5, 5.41) is 19.3. The monoisotopic (exact) mass is 242 g/mol. The van der Waals surface area contributed by atoms with Gasteiger partial charge in [0, 0.05) is 5.39 Å². The highest BCUT2D eigenvalue weighted by atomic mass is 16.3. The number of pyridine rings is 1. The molecule has 0 aliphatic heterocycles. The number of aromatic amines is 1. The molecular formula is C14H14N2O2. The van der Waals surface area contributed by atoms with Crippen LogP contribution in [-0.4, -0.2) is 10.1 Å². The standard InChI is InChI=1S/C14H14N2O2/c1-14(2,3)8-4-5-11-9(6-8)12(17)10(7-15)13(18)16-11/h4-6H,1-3H3,(H2,16,17,18). The van der Waals surface area contributed by atoms with Gasteiger partial charge in [-0.15, -0.1) is 0 Å². The molecule has 18 heavy (non-hydrogen) atoms. The number of nitrogens with zero attached hydrogens (tertiary/aromatic N) is 1.